The molecule has 1 aliphatic heterocycles. The maximum atomic E-state index is 15.5. The highest BCUT2D eigenvalue weighted by molar-refractivity contribution is 7.99. The molecule has 0 aromatic heterocycles. The topological polar surface area (TPSA) is 3.24 Å². The minimum Gasteiger partial charge on any atom is -0.302 e. The first kappa shape index (κ1) is 33.4. The second kappa shape index (κ2) is 12.7. The number of benzene rings is 1. The van der Waals surface area contributed by atoms with E-state index in [1.165, 1.54) is 114 Å². The molecule has 0 amide bonds. The van der Waals surface area contributed by atoms with Crippen LogP contribution >= 0.6 is 11.8 Å². The molecule has 1 saturated heterocycles. The summed E-state index contributed by atoms with van der Waals surface area (Å²) >= 11 is 2.14. The number of rotatable bonds is 8. The molecule has 3 heteroatoms. The van der Waals surface area contributed by atoms with Crippen LogP contribution in [0.5, 0.6) is 0 Å². The fraction of sp³-hybridized carbons (Fsp3) is 0.767. The lowest BCUT2D eigenvalue weighted by Crippen LogP contribution is -2.61. The Balaban J connectivity index is 1.11. The van der Waals surface area contributed by atoms with E-state index in [1.807, 2.05) is 12.1 Å². The number of nitrogens with zero attached hydrogens (tertiary/aromatic N) is 1. The Labute approximate surface area is 286 Å². The Bertz CT molecular complexity index is 1310. The molecule has 0 spiro atoms. The van der Waals surface area contributed by atoms with Gasteiger partial charge in [-0.25, -0.2) is 4.39 Å². The van der Waals surface area contributed by atoms with Crippen LogP contribution in [0.2, 0.25) is 0 Å². The van der Waals surface area contributed by atoms with E-state index < -0.39 is 0 Å². The van der Waals surface area contributed by atoms with Crippen molar-refractivity contribution in [3.05, 3.63) is 47.8 Å². The first-order valence-corrected chi connectivity index (χ1v) is 20.7. The Morgan fingerprint density at radius 1 is 0.957 bits per heavy atom. The lowest BCUT2D eigenvalue weighted by molar-refractivity contribution is -0.183. The molecule has 0 N–H and O–H groups in total. The predicted octanol–water partition coefficient (Wildman–Crippen LogP) is 11.8. The first-order chi connectivity index (χ1) is 22.1. The van der Waals surface area contributed by atoms with Gasteiger partial charge in [0.15, 0.2) is 0 Å². The molecule has 1 aromatic rings. The van der Waals surface area contributed by atoms with Crippen LogP contribution in [-0.4, -0.2) is 36.0 Å². The van der Waals surface area contributed by atoms with Crippen LogP contribution < -0.4 is 0 Å². The van der Waals surface area contributed by atoms with Crippen molar-refractivity contribution in [2.45, 2.75) is 118 Å². The highest BCUT2D eigenvalue weighted by atomic mass is 32.2. The van der Waals surface area contributed by atoms with Gasteiger partial charge in [-0.1, -0.05) is 78.3 Å². The molecular formula is C43H64FNS. The van der Waals surface area contributed by atoms with Gasteiger partial charge in [-0.05, 0) is 152 Å². The lowest BCUT2D eigenvalue weighted by atomic mass is 9.36. The minimum absolute atomic E-state index is 0.0315. The number of hydrogen-bond donors (Lipinski definition) is 0. The first-order valence-electron chi connectivity index (χ1n) is 19.5. The summed E-state index contributed by atoms with van der Waals surface area (Å²) in [6.45, 7) is 20.7. The number of fused-ring (bicyclic) bond motifs is 7. The van der Waals surface area contributed by atoms with Crippen LogP contribution in [-0.2, 0) is 0 Å². The fourth-order valence-corrected chi connectivity index (χ4v) is 15.2. The van der Waals surface area contributed by atoms with E-state index in [0.717, 1.165) is 47.1 Å². The van der Waals surface area contributed by atoms with Crippen LogP contribution in [0, 0.1) is 63.0 Å². The van der Waals surface area contributed by atoms with Gasteiger partial charge in [-0.15, -0.1) is 0 Å². The van der Waals surface area contributed by atoms with Gasteiger partial charge in [-0.3, -0.25) is 0 Å². The van der Waals surface area contributed by atoms with E-state index in [2.05, 4.69) is 63.9 Å². The van der Waals surface area contributed by atoms with Crippen LogP contribution in [0.3, 0.4) is 0 Å². The molecule has 5 fully saturated rings. The van der Waals surface area contributed by atoms with Crippen molar-refractivity contribution in [1.29, 1.82) is 0 Å². The third-order valence-electron chi connectivity index (χ3n) is 16.1. The molecule has 46 heavy (non-hydrogen) atoms. The van der Waals surface area contributed by atoms with Gasteiger partial charge in [0, 0.05) is 30.2 Å². The van der Waals surface area contributed by atoms with Crippen molar-refractivity contribution < 1.29 is 4.39 Å². The summed E-state index contributed by atoms with van der Waals surface area (Å²) < 4.78 is 15.5. The molecule has 1 nitrogen and oxygen atoms in total. The molecule has 7 rings (SSSR count). The van der Waals surface area contributed by atoms with Gasteiger partial charge in [0.25, 0.3) is 0 Å². The maximum absolute atomic E-state index is 15.5. The van der Waals surface area contributed by atoms with E-state index in [-0.39, 0.29) is 11.2 Å². The molecule has 4 saturated carbocycles. The summed E-state index contributed by atoms with van der Waals surface area (Å²) in [5.74, 6) is 7.73. The molecule has 254 valence electrons. The number of halogens is 1. The minimum atomic E-state index is -0.0836. The van der Waals surface area contributed by atoms with Gasteiger partial charge in [0.1, 0.15) is 5.82 Å². The number of allylic oxidation sites excluding steroid dienone is 2. The van der Waals surface area contributed by atoms with Gasteiger partial charge >= 0.3 is 0 Å². The van der Waals surface area contributed by atoms with Crippen LogP contribution in [0.4, 0.5) is 4.39 Å². The van der Waals surface area contributed by atoms with Crippen molar-refractivity contribution >= 4 is 23.4 Å². The standard InChI is InChI=1S/C43H64FNS/c1-7-30-13-14-33(37(44)29-30)34-17-21-42(6)38(40(34,3)4)19-22-41(5)35-18-23-43(20-9-12-36(43)32(35)15-16-39(41)42)31(8-2)11-10-24-45-25-27-46-28-26-45/h7,13-14,17,29,31-32,35-36,38-39H,1,8-12,15-16,18-28H2,2-6H3. The lowest BCUT2D eigenvalue weighted by Gasteiger charge is -2.69. The summed E-state index contributed by atoms with van der Waals surface area (Å²) in [5.41, 5.74) is 4.29. The highest BCUT2D eigenvalue weighted by Gasteiger charge is 2.66. The molecule has 0 bridgehead atoms. The molecule has 5 aliphatic carbocycles. The van der Waals surface area contributed by atoms with E-state index in [1.54, 1.807) is 12.1 Å². The van der Waals surface area contributed by atoms with E-state index in [9.17, 15) is 0 Å². The smallest absolute Gasteiger partial charge is 0.131 e. The summed E-state index contributed by atoms with van der Waals surface area (Å²) in [7, 11) is 0. The zero-order valence-corrected chi connectivity index (χ0v) is 30.8. The van der Waals surface area contributed by atoms with E-state index >= 15 is 4.39 Å². The largest absolute Gasteiger partial charge is 0.302 e. The second-order valence-corrected chi connectivity index (χ2v) is 19.2. The molecule has 6 aliphatic rings. The zero-order valence-electron chi connectivity index (χ0n) is 30.0. The third kappa shape index (κ3) is 5.25. The average Bonchev–Trinajstić information content (AvgIpc) is 3.49. The van der Waals surface area contributed by atoms with Crippen molar-refractivity contribution in [3.63, 3.8) is 0 Å². The van der Waals surface area contributed by atoms with E-state index in [4.69, 9.17) is 0 Å². The van der Waals surface area contributed by atoms with Gasteiger partial charge in [-0.2, -0.15) is 11.8 Å². The quantitative estimate of drug-likeness (QED) is 0.277. The summed E-state index contributed by atoms with van der Waals surface area (Å²) in [4.78, 5) is 2.75. The van der Waals surface area contributed by atoms with Crippen molar-refractivity contribution in [2.75, 3.05) is 31.1 Å². The van der Waals surface area contributed by atoms with Gasteiger partial charge < -0.3 is 4.90 Å². The molecule has 0 radical (unpaired) electrons. The Morgan fingerprint density at radius 2 is 1.76 bits per heavy atom. The molecule has 1 aromatic carbocycles. The summed E-state index contributed by atoms with van der Waals surface area (Å²) in [6.07, 6.45) is 22.7. The fourth-order valence-electron chi connectivity index (χ4n) is 14.2. The van der Waals surface area contributed by atoms with Crippen molar-refractivity contribution in [2.24, 2.45) is 57.2 Å². The molecular weight excluding hydrogens is 582 g/mol. The van der Waals surface area contributed by atoms with Crippen molar-refractivity contribution in [1.82, 2.24) is 4.90 Å². The summed E-state index contributed by atoms with van der Waals surface area (Å²) in [5, 5.41) is 0. The third-order valence-corrected chi connectivity index (χ3v) is 17.1. The van der Waals surface area contributed by atoms with Gasteiger partial charge in [0.2, 0.25) is 0 Å². The number of hydrogen-bond acceptors (Lipinski definition) is 2. The Kier molecular flexibility index (Phi) is 9.22. The van der Waals surface area contributed by atoms with Crippen molar-refractivity contribution in [3.8, 4) is 0 Å². The van der Waals surface area contributed by atoms with Crippen LogP contribution in [0.15, 0.2) is 30.9 Å². The van der Waals surface area contributed by atoms with Crippen LogP contribution in [0.25, 0.3) is 11.6 Å². The highest BCUT2D eigenvalue weighted by Crippen LogP contribution is 2.74. The monoisotopic (exact) mass is 645 g/mol. The number of thioether (sulfide) groups is 1. The SMILES string of the molecule is C=Cc1ccc(C2=CCC3(C)C(CCC4(C)C5CCC6(C(CC)CCCN7CCSCC7)CCCC6C5CCC43)C2(C)C)c(F)c1. The molecule has 9 unspecified atom stereocenters. The Hall–Kier alpha value is -1.06. The average molecular weight is 646 g/mol. The van der Waals surface area contributed by atoms with E-state index in [0.29, 0.717) is 22.2 Å². The Morgan fingerprint density at radius 3 is 2.50 bits per heavy atom. The normalized spacial score (nSPS) is 41.0. The van der Waals surface area contributed by atoms with Gasteiger partial charge in [0.05, 0.1) is 0 Å². The maximum Gasteiger partial charge on any atom is 0.131 e. The zero-order chi connectivity index (χ0) is 32.3. The summed E-state index contributed by atoms with van der Waals surface area (Å²) in [6, 6.07) is 5.74. The molecule has 1 heterocycles. The second-order valence-electron chi connectivity index (χ2n) is 18.0. The molecule has 9 atom stereocenters. The predicted molar refractivity (Wildman–Crippen MR) is 197 cm³/mol. The van der Waals surface area contributed by atoms with Crippen LogP contribution in [0.1, 0.15) is 129 Å².